The van der Waals surface area contributed by atoms with Crippen molar-refractivity contribution in [3.63, 3.8) is 0 Å². The number of hydrogen-bond acceptors (Lipinski definition) is 11. The van der Waals surface area contributed by atoms with Crippen molar-refractivity contribution in [2.45, 2.75) is 169 Å². The van der Waals surface area contributed by atoms with Crippen molar-refractivity contribution < 1.29 is 35.1 Å². The van der Waals surface area contributed by atoms with E-state index in [-0.39, 0.29) is 11.4 Å². The first-order valence-corrected chi connectivity index (χ1v) is 49.4. The largest absolute Gasteiger partial charge is 0.399 e. The van der Waals surface area contributed by atoms with Gasteiger partial charge in [0.1, 0.15) is 32.3 Å². The van der Waals surface area contributed by atoms with Crippen LogP contribution in [0.2, 0.25) is 78.6 Å². The van der Waals surface area contributed by atoms with E-state index in [1.807, 2.05) is 139 Å². The van der Waals surface area contributed by atoms with Gasteiger partial charge < -0.3 is 5.73 Å². The molecule has 0 amide bonds. The first-order valence-electron chi connectivity index (χ1n) is 28.9. The molecule has 500 valence electrons. The van der Waals surface area contributed by atoms with Crippen molar-refractivity contribution in [1.29, 1.82) is 0 Å². The molecule has 0 heterocycles. The summed E-state index contributed by atoms with van der Waals surface area (Å²) in [5, 5.41) is 20.5. The van der Waals surface area contributed by atoms with Gasteiger partial charge in [-0.15, -0.1) is 35.0 Å². The number of hydrogen-bond donors (Lipinski definition) is 3. The van der Waals surface area contributed by atoms with Crippen LogP contribution < -0.4 is 15.2 Å². The molecule has 0 spiro atoms. The van der Waals surface area contributed by atoms with Gasteiger partial charge >= 0.3 is 0 Å². The van der Waals surface area contributed by atoms with Gasteiger partial charge in [0.15, 0.2) is 0 Å². The van der Waals surface area contributed by atoms with Crippen LogP contribution >= 0.6 is 10.7 Å². The van der Waals surface area contributed by atoms with E-state index in [1.165, 1.54) is 29.8 Å². The second kappa shape index (κ2) is 53.4. The Morgan fingerprint density at radius 3 is 0.798 bits per heavy atom. The number of terminal acetylenes is 2. The lowest BCUT2D eigenvalue weighted by atomic mass is 10.2. The van der Waals surface area contributed by atoms with Gasteiger partial charge in [-0.1, -0.05) is 213 Å². The molecule has 0 atom stereocenters. The van der Waals surface area contributed by atoms with Crippen LogP contribution in [0.5, 0.6) is 0 Å². The Kier molecular flexibility index (Phi) is 59.3. The minimum absolute atomic E-state index is 0.105. The Labute approximate surface area is 550 Å². The zero-order valence-electron chi connectivity index (χ0n) is 58.9. The van der Waals surface area contributed by atoms with Gasteiger partial charge in [0.2, 0.25) is 29.1 Å². The number of halogens is 1. The third-order valence-electron chi connectivity index (χ3n) is 7.97. The molecule has 0 radical (unpaired) electrons. The Balaban J connectivity index is -0.000000141. The number of nitrogen functional groups attached to an aromatic ring is 1. The second-order valence-electron chi connectivity index (χ2n) is 21.5. The van der Waals surface area contributed by atoms with E-state index in [2.05, 4.69) is 133 Å². The molecule has 23 heteroatoms. The minimum atomic E-state index is -3.20. The van der Waals surface area contributed by atoms with Gasteiger partial charge in [-0.25, -0.2) is 25.3 Å². The summed E-state index contributed by atoms with van der Waals surface area (Å²) in [7, 11) is -9.98. The molecule has 0 aliphatic carbocycles. The van der Waals surface area contributed by atoms with Gasteiger partial charge in [0.05, 0.1) is 28.6 Å². The number of nitrogens with one attached hydrogen (secondary N) is 2. The molecular formula is C66H110ClN5O10S3Si4. The summed E-state index contributed by atoms with van der Waals surface area (Å²) in [4.78, 5) is 19.7. The van der Waals surface area contributed by atoms with Crippen LogP contribution in [0, 0.1) is 87.9 Å². The van der Waals surface area contributed by atoms with Gasteiger partial charge in [0, 0.05) is 63.1 Å². The first kappa shape index (κ1) is 98.8. The quantitative estimate of drug-likeness (QED) is 0.0361. The average molecular weight is 1380 g/mol. The lowest BCUT2D eigenvalue weighted by molar-refractivity contribution is -0.385. The molecule has 15 nitrogen and oxygen atoms in total. The summed E-state index contributed by atoms with van der Waals surface area (Å²) in [6, 6.07) is 34.8. The third-order valence-corrected chi connectivity index (χ3v) is 12.7. The molecule has 5 aromatic carbocycles. The zero-order valence-corrected chi connectivity index (χ0v) is 66.1. The maximum absolute atomic E-state index is 11.0. The zero-order chi connectivity index (χ0) is 72.2. The maximum atomic E-state index is 11.0. The minimum Gasteiger partial charge on any atom is -0.399 e. The number of nitro benzene ring substituents is 2. The highest BCUT2D eigenvalue weighted by Gasteiger charge is 2.10. The van der Waals surface area contributed by atoms with Crippen LogP contribution in [0.25, 0.3) is 0 Å². The van der Waals surface area contributed by atoms with Gasteiger partial charge in [-0.05, 0) is 81.4 Å². The lowest BCUT2D eigenvalue weighted by Gasteiger charge is -2.04. The smallest absolute Gasteiger partial charge is 0.269 e. The summed E-state index contributed by atoms with van der Waals surface area (Å²) in [5.41, 5.74) is 24.7. The Morgan fingerprint density at radius 2 is 0.607 bits per heavy atom. The Morgan fingerprint density at radius 1 is 0.416 bits per heavy atom. The number of nitrogens with two attached hydrogens (primary N) is 1. The number of anilines is 3. The molecule has 0 aliphatic heterocycles. The normalized spacial score (nSPS) is 9.70. The number of rotatable bonds is 6. The van der Waals surface area contributed by atoms with E-state index < -0.39 is 71.2 Å². The van der Waals surface area contributed by atoms with Crippen molar-refractivity contribution in [3.8, 4) is 46.9 Å². The van der Waals surface area contributed by atoms with E-state index >= 15 is 0 Å². The standard InChI is InChI=1S/C12H17NO2SSi.C11H13NO2Si.C8H11NO2S.C7H7NO2.C7H9N.2C5H10Si.5C2H6.CH3ClO2S/c1-16(14,15)13-12-7-5-11(6-8-12)9-10-17(2,3)4;1-15(2,3)9-8-10-4-6-11(7-5-10)12(13)14;1-7-3-5-8(6-4-7)9-12(2,10)11;1-6-2-4-7(5-3-6)8(9)10;1-6-2-4-7(8)5-3-6;2*1-5-6(2,3)4;5*1-2;1-5(2,3)4/h5-8,13H,1-4H3;4-7H,1-3H3;3-6,9H,1-2H3;2-5H,1H3;2-5H,8H2,1H3;2*1H,2-4H3;5*1-2H3;1H3. The second-order valence-corrected chi connectivity index (χ2v) is 47.1. The van der Waals surface area contributed by atoms with Gasteiger partial charge in [-0.2, -0.15) is 0 Å². The highest BCUT2D eigenvalue weighted by Crippen LogP contribution is 2.14. The maximum Gasteiger partial charge on any atom is 0.269 e. The first-order chi connectivity index (χ1) is 40.6. The Bertz CT molecular complexity index is 3180. The molecule has 89 heavy (non-hydrogen) atoms. The van der Waals surface area contributed by atoms with Crippen LogP contribution in [0.4, 0.5) is 28.4 Å². The van der Waals surface area contributed by atoms with Gasteiger partial charge in [-0.3, -0.25) is 29.7 Å². The van der Waals surface area contributed by atoms with Crippen LogP contribution in [0.1, 0.15) is 97.1 Å². The molecule has 0 unspecified atom stereocenters. The fraction of sp³-hybridized carbons (Fsp3) is 0.424. The summed E-state index contributed by atoms with van der Waals surface area (Å²) in [6.45, 7) is 51.8. The van der Waals surface area contributed by atoms with Crippen LogP contribution in [-0.4, -0.2) is 86.2 Å². The fourth-order valence-corrected chi connectivity index (χ4v) is 6.26. The number of aryl methyl sites for hydroxylation is 3. The highest BCUT2D eigenvalue weighted by atomic mass is 35.7. The molecule has 0 saturated carbocycles. The van der Waals surface area contributed by atoms with Crippen molar-refractivity contribution in [1.82, 2.24) is 0 Å². The summed E-state index contributed by atoms with van der Waals surface area (Å²) in [5.74, 6) is 6.15. The summed E-state index contributed by atoms with van der Waals surface area (Å²) < 4.78 is 67.2. The number of sulfonamides is 2. The topological polar surface area (TPSA) is 239 Å². The molecule has 0 bridgehead atoms. The SMILES string of the molecule is C#C[Si](C)(C)C.C#C[Si](C)(C)C.CC.CC.CC.CC.CC.CS(=O)(=O)Cl.C[Si](C)(C)C#Cc1ccc(NS(C)(=O)=O)cc1.C[Si](C)(C)C#Cc1ccc([N+](=O)[O-])cc1.Cc1ccc(N)cc1.Cc1ccc(NS(C)(=O)=O)cc1.Cc1ccc([N+](=O)[O-])cc1. The number of non-ortho nitro benzene ring substituents is 2. The fourth-order valence-electron chi connectivity index (χ4n) is 4.09. The van der Waals surface area contributed by atoms with Crippen LogP contribution in [-0.2, 0) is 29.1 Å². The van der Waals surface area contributed by atoms with Crippen molar-refractivity contribution in [2.75, 3.05) is 33.9 Å². The predicted octanol–water partition coefficient (Wildman–Crippen LogP) is 18.3. The third kappa shape index (κ3) is 81.5. The van der Waals surface area contributed by atoms with Crippen LogP contribution in [0.3, 0.4) is 0 Å². The van der Waals surface area contributed by atoms with E-state index in [9.17, 15) is 45.5 Å². The van der Waals surface area contributed by atoms with Crippen LogP contribution in [0.15, 0.2) is 121 Å². The molecular weight excluding hydrogens is 1270 g/mol. The monoisotopic (exact) mass is 1380 g/mol. The Hall–Kier alpha value is -6.45. The molecule has 4 N–H and O–H groups in total. The van der Waals surface area contributed by atoms with Crippen molar-refractivity contribution in [2.24, 2.45) is 0 Å². The van der Waals surface area contributed by atoms with E-state index in [4.69, 9.17) is 18.6 Å². The molecule has 5 aromatic rings. The number of nitrogens with zero attached hydrogens (tertiary/aromatic N) is 2. The predicted molar refractivity (Wildman–Crippen MR) is 403 cm³/mol. The highest BCUT2D eigenvalue weighted by molar-refractivity contribution is 8.13. The van der Waals surface area contributed by atoms with E-state index in [0.717, 1.165) is 46.7 Å². The molecule has 0 aromatic heterocycles. The van der Waals surface area contributed by atoms with E-state index in [1.54, 1.807) is 48.5 Å². The number of nitro groups is 2. The summed E-state index contributed by atoms with van der Waals surface area (Å²) >= 11 is 0. The molecule has 5 rings (SSSR count). The van der Waals surface area contributed by atoms with Gasteiger partial charge in [0.25, 0.3) is 11.4 Å². The molecule has 0 aliphatic rings. The molecule has 0 saturated heterocycles. The lowest BCUT2D eigenvalue weighted by Crippen LogP contribution is -2.16. The van der Waals surface area contributed by atoms with Crippen molar-refractivity contribution in [3.05, 3.63) is 169 Å². The average Bonchev–Trinajstić information content (AvgIpc) is 3.43. The summed E-state index contributed by atoms with van der Waals surface area (Å²) in [6.07, 6.45) is 13.4. The van der Waals surface area contributed by atoms with E-state index in [0.29, 0.717) is 11.4 Å². The number of benzene rings is 5. The van der Waals surface area contributed by atoms with Crippen molar-refractivity contribution >= 4 is 101 Å². The molecule has 0 fully saturated rings.